The fourth-order valence-electron chi connectivity index (χ4n) is 1.29. The van der Waals surface area contributed by atoms with Crippen molar-refractivity contribution < 1.29 is 0 Å². The first kappa shape index (κ1) is 7.59. The Bertz CT molecular complexity index is 192. The van der Waals surface area contributed by atoms with Crippen LogP contribution in [0.4, 0.5) is 0 Å². The van der Waals surface area contributed by atoms with Crippen LogP contribution in [0.15, 0.2) is 23.3 Å². The molecule has 0 atom stereocenters. The molecule has 0 aromatic carbocycles. The van der Waals surface area contributed by atoms with Crippen LogP contribution in [-0.4, -0.2) is 0 Å². The fraction of sp³-hybridized carbons (Fsp3) is 0.500. The van der Waals surface area contributed by atoms with Crippen LogP contribution in [-0.2, 0) is 0 Å². The Kier molecular flexibility index (Phi) is 1.72. The van der Waals surface area contributed by atoms with Gasteiger partial charge in [0.2, 0.25) is 0 Å². The minimum absolute atomic E-state index is 0.291. The average molecular weight is 135 g/mol. The molecule has 0 aliphatic heterocycles. The van der Waals surface area contributed by atoms with Gasteiger partial charge in [-0.15, -0.1) is 0 Å². The van der Waals surface area contributed by atoms with Gasteiger partial charge in [-0.25, -0.2) is 0 Å². The zero-order valence-electron chi connectivity index (χ0n) is 7.07. The molecular formula is C10H15. The van der Waals surface area contributed by atoms with E-state index in [9.17, 15) is 0 Å². The molecule has 1 rings (SSSR count). The highest BCUT2D eigenvalue weighted by Gasteiger charge is 2.21. The van der Waals surface area contributed by atoms with Gasteiger partial charge in [0, 0.05) is 0 Å². The van der Waals surface area contributed by atoms with E-state index in [-0.39, 0.29) is 0 Å². The van der Waals surface area contributed by atoms with Gasteiger partial charge in [0.15, 0.2) is 0 Å². The van der Waals surface area contributed by atoms with Gasteiger partial charge < -0.3 is 0 Å². The highest BCUT2D eigenvalue weighted by Crippen LogP contribution is 2.35. The monoisotopic (exact) mass is 135 g/mol. The second kappa shape index (κ2) is 2.26. The van der Waals surface area contributed by atoms with E-state index in [0.29, 0.717) is 5.41 Å². The van der Waals surface area contributed by atoms with Gasteiger partial charge in [-0.3, -0.25) is 0 Å². The van der Waals surface area contributed by atoms with E-state index in [2.05, 4.69) is 39.8 Å². The summed E-state index contributed by atoms with van der Waals surface area (Å²) >= 11 is 0. The summed E-state index contributed by atoms with van der Waals surface area (Å²) in [6, 6.07) is 0. The smallest absolute Gasteiger partial charge is 0.0104 e. The van der Waals surface area contributed by atoms with Crippen LogP contribution in [0.2, 0.25) is 0 Å². The van der Waals surface area contributed by atoms with E-state index in [4.69, 9.17) is 0 Å². The molecule has 1 aliphatic rings. The summed E-state index contributed by atoms with van der Waals surface area (Å²) in [6.45, 7) is 10.7. The summed E-state index contributed by atoms with van der Waals surface area (Å²) in [4.78, 5) is 0. The van der Waals surface area contributed by atoms with Gasteiger partial charge in [0.05, 0.1) is 0 Å². The molecule has 0 heteroatoms. The van der Waals surface area contributed by atoms with Crippen molar-refractivity contribution in [3.8, 4) is 0 Å². The maximum absolute atomic E-state index is 4.06. The van der Waals surface area contributed by atoms with Crippen LogP contribution in [0.1, 0.15) is 27.2 Å². The maximum atomic E-state index is 4.06. The Balaban J connectivity index is 2.99. The molecule has 0 aromatic rings. The van der Waals surface area contributed by atoms with Crippen molar-refractivity contribution in [1.29, 1.82) is 0 Å². The molecule has 0 aromatic heterocycles. The summed E-state index contributed by atoms with van der Waals surface area (Å²) in [5, 5.41) is 0. The fourth-order valence-corrected chi connectivity index (χ4v) is 1.29. The predicted molar refractivity (Wildman–Crippen MR) is 45.6 cm³/mol. The highest BCUT2D eigenvalue weighted by molar-refractivity contribution is 5.34. The van der Waals surface area contributed by atoms with Gasteiger partial charge in [0.25, 0.3) is 0 Å². The minimum atomic E-state index is 0.291. The summed E-state index contributed by atoms with van der Waals surface area (Å²) < 4.78 is 0. The molecule has 0 N–H and O–H groups in total. The third-order valence-corrected chi connectivity index (χ3v) is 2.29. The van der Waals surface area contributed by atoms with Crippen molar-refractivity contribution >= 4 is 0 Å². The largest absolute Gasteiger partial charge is 0.0834 e. The number of rotatable bonds is 0. The number of hydrogen-bond acceptors (Lipinski definition) is 0. The summed E-state index contributed by atoms with van der Waals surface area (Å²) in [7, 11) is 0. The molecule has 10 heavy (non-hydrogen) atoms. The van der Waals surface area contributed by atoms with E-state index < -0.39 is 0 Å². The van der Waals surface area contributed by atoms with Crippen molar-refractivity contribution in [2.24, 2.45) is 5.41 Å². The van der Waals surface area contributed by atoms with E-state index in [1.807, 2.05) is 0 Å². The summed E-state index contributed by atoms with van der Waals surface area (Å²) in [6.07, 6.45) is 5.51. The van der Waals surface area contributed by atoms with Crippen molar-refractivity contribution in [3.05, 3.63) is 30.2 Å². The molecule has 1 radical (unpaired) electrons. The van der Waals surface area contributed by atoms with Gasteiger partial charge >= 0.3 is 0 Å². The molecule has 0 saturated heterocycles. The molecule has 0 amide bonds. The zero-order chi connectivity index (χ0) is 7.78. The van der Waals surface area contributed by atoms with Crippen LogP contribution >= 0.6 is 0 Å². The maximum Gasteiger partial charge on any atom is -0.0104 e. The second-order valence-electron chi connectivity index (χ2n) is 3.65. The van der Waals surface area contributed by atoms with Gasteiger partial charge in [-0.1, -0.05) is 37.1 Å². The predicted octanol–water partition coefficient (Wildman–Crippen LogP) is 3.12. The standard InChI is InChI=1S/C10H15/c1-8-6-5-7-10(3,4)9(8)2/h5-6H,2,7H2,1,3-4H3. The minimum Gasteiger partial charge on any atom is -0.0834 e. The average Bonchev–Trinajstić information content (AvgIpc) is 1.83. The molecule has 55 valence electrons. The Morgan fingerprint density at radius 1 is 1.50 bits per heavy atom. The molecule has 0 unspecified atom stereocenters. The van der Waals surface area contributed by atoms with Crippen molar-refractivity contribution in [2.45, 2.75) is 27.2 Å². The Labute approximate surface area is 63.6 Å². The molecular weight excluding hydrogens is 120 g/mol. The highest BCUT2D eigenvalue weighted by atomic mass is 14.3. The van der Waals surface area contributed by atoms with Crippen LogP contribution in [0, 0.1) is 12.3 Å². The van der Waals surface area contributed by atoms with Gasteiger partial charge in [0.1, 0.15) is 0 Å². The van der Waals surface area contributed by atoms with Crippen molar-refractivity contribution in [2.75, 3.05) is 0 Å². The normalized spacial score (nSPS) is 23.6. The van der Waals surface area contributed by atoms with Crippen LogP contribution in [0.5, 0.6) is 0 Å². The van der Waals surface area contributed by atoms with Crippen LogP contribution < -0.4 is 0 Å². The molecule has 0 saturated carbocycles. The van der Waals surface area contributed by atoms with Gasteiger partial charge in [-0.05, 0) is 25.7 Å². The number of hydrogen-bond donors (Lipinski definition) is 0. The summed E-state index contributed by atoms with van der Waals surface area (Å²) in [5.74, 6) is 0. The molecule has 1 aliphatic carbocycles. The summed E-state index contributed by atoms with van der Waals surface area (Å²) in [5.41, 5.74) is 2.91. The first-order valence-electron chi connectivity index (χ1n) is 3.74. The Morgan fingerprint density at radius 2 is 2.10 bits per heavy atom. The first-order valence-corrected chi connectivity index (χ1v) is 3.74. The van der Waals surface area contributed by atoms with E-state index in [0.717, 1.165) is 6.42 Å². The van der Waals surface area contributed by atoms with Crippen molar-refractivity contribution in [1.82, 2.24) is 0 Å². The molecule has 0 spiro atoms. The molecule has 0 bridgehead atoms. The molecule has 0 fully saturated rings. The zero-order valence-corrected chi connectivity index (χ0v) is 7.07. The lowest BCUT2D eigenvalue weighted by atomic mass is 9.77. The second-order valence-corrected chi connectivity index (χ2v) is 3.65. The lowest BCUT2D eigenvalue weighted by Gasteiger charge is -2.28. The lowest BCUT2D eigenvalue weighted by Crippen LogP contribution is -2.15. The third-order valence-electron chi connectivity index (χ3n) is 2.29. The number of allylic oxidation sites excluding steroid dienone is 4. The van der Waals surface area contributed by atoms with Gasteiger partial charge in [-0.2, -0.15) is 0 Å². The van der Waals surface area contributed by atoms with E-state index >= 15 is 0 Å². The van der Waals surface area contributed by atoms with Crippen molar-refractivity contribution in [3.63, 3.8) is 0 Å². The van der Waals surface area contributed by atoms with E-state index in [1.54, 1.807) is 0 Å². The Hall–Kier alpha value is -0.520. The third kappa shape index (κ3) is 1.16. The lowest BCUT2D eigenvalue weighted by molar-refractivity contribution is 0.455. The van der Waals surface area contributed by atoms with Crippen LogP contribution in [0.3, 0.4) is 0 Å². The SMILES string of the molecule is [CH2]C1=C(C)C=CCC1(C)C. The first-order chi connectivity index (χ1) is 4.54. The topological polar surface area (TPSA) is 0 Å². The molecule has 0 nitrogen and oxygen atoms in total. The Morgan fingerprint density at radius 3 is 2.50 bits per heavy atom. The quantitative estimate of drug-likeness (QED) is 0.478. The van der Waals surface area contributed by atoms with E-state index in [1.165, 1.54) is 11.1 Å². The van der Waals surface area contributed by atoms with Crippen LogP contribution in [0.25, 0.3) is 0 Å². The molecule has 0 heterocycles.